The minimum absolute atomic E-state index is 0.246. The van der Waals surface area contributed by atoms with Gasteiger partial charge in [-0.25, -0.2) is 0 Å². The highest BCUT2D eigenvalue weighted by molar-refractivity contribution is 5.96. The van der Waals surface area contributed by atoms with E-state index in [1.54, 1.807) is 0 Å². The molecule has 0 radical (unpaired) electrons. The molecule has 0 aliphatic heterocycles. The number of allylic oxidation sites excluding steroid dienone is 2. The van der Waals surface area contributed by atoms with Crippen molar-refractivity contribution >= 4 is 5.78 Å². The summed E-state index contributed by atoms with van der Waals surface area (Å²) in [4.78, 5) is 12.7. The van der Waals surface area contributed by atoms with Gasteiger partial charge < -0.3 is 0 Å². The molecule has 118 valence electrons. The molecule has 1 aliphatic carbocycles. The van der Waals surface area contributed by atoms with E-state index in [1.807, 2.05) is 36.4 Å². The van der Waals surface area contributed by atoms with Gasteiger partial charge in [-0.15, -0.1) is 0 Å². The second kappa shape index (κ2) is 7.92. The number of carbonyl (C=O) groups is 1. The van der Waals surface area contributed by atoms with Crippen LogP contribution in [-0.2, 0) is 0 Å². The molecule has 0 heterocycles. The van der Waals surface area contributed by atoms with Crippen LogP contribution in [-0.4, -0.2) is 5.78 Å². The standard InChI is InChI=1S/C22H24O/c23-22(20-14-8-3-9-15-20)17-21(19-12-6-2-7-13-19)16-18-10-4-1-5-11-18/h2-3,6-10,12-15,21H,1,4-5,11,16-17H2. The summed E-state index contributed by atoms with van der Waals surface area (Å²) in [5.74, 6) is 0.532. The van der Waals surface area contributed by atoms with Crippen LogP contribution < -0.4 is 0 Å². The number of rotatable bonds is 6. The lowest BCUT2D eigenvalue weighted by molar-refractivity contribution is 0.0973. The molecule has 0 saturated heterocycles. The summed E-state index contributed by atoms with van der Waals surface area (Å²) >= 11 is 0. The Morgan fingerprint density at radius 2 is 1.61 bits per heavy atom. The molecule has 1 aliphatic rings. The van der Waals surface area contributed by atoms with Gasteiger partial charge in [0.05, 0.1) is 0 Å². The van der Waals surface area contributed by atoms with Crippen LogP contribution in [0.4, 0.5) is 0 Å². The highest BCUT2D eigenvalue weighted by Crippen LogP contribution is 2.32. The van der Waals surface area contributed by atoms with Crippen LogP contribution in [0, 0.1) is 0 Å². The highest BCUT2D eigenvalue weighted by atomic mass is 16.1. The van der Waals surface area contributed by atoms with Crippen LogP contribution in [0.5, 0.6) is 0 Å². The average molecular weight is 304 g/mol. The molecule has 2 aromatic rings. The van der Waals surface area contributed by atoms with Crippen molar-refractivity contribution in [3.8, 4) is 0 Å². The van der Waals surface area contributed by atoms with E-state index >= 15 is 0 Å². The molecule has 1 atom stereocenters. The van der Waals surface area contributed by atoms with Gasteiger partial charge in [0.2, 0.25) is 0 Å². The zero-order valence-electron chi connectivity index (χ0n) is 13.6. The SMILES string of the molecule is O=C(CC(CC1=CCCCC1)c1ccccc1)c1ccccc1. The summed E-state index contributed by atoms with van der Waals surface area (Å²) in [6.45, 7) is 0. The average Bonchev–Trinajstić information content (AvgIpc) is 2.63. The summed E-state index contributed by atoms with van der Waals surface area (Å²) in [6.07, 6.45) is 9.00. The Balaban J connectivity index is 1.77. The van der Waals surface area contributed by atoms with Gasteiger partial charge in [0.15, 0.2) is 5.78 Å². The Morgan fingerprint density at radius 1 is 0.913 bits per heavy atom. The summed E-state index contributed by atoms with van der Waals surface area (Å²) in [6, 6.07) is 20.2. The molecule has 23 heavy (non-hydrogen) atoms. The Bertz CT molecular complexity index is 655. The van der Waals surface area contributed by atoms with Crippen molar-refractivity contribution in [2.24, 2.45) is 0 Å². The van der Waals surface area contributed by atoms with Crippen LogP contribution in [0.15, 0.2) is 72.3 Å². The maximum atomic E-state index is 12.7. The minimum atomic E-state index is 0.246. The van der Waals surface area contributed by atoms with Crippen molar-refractivity contribution in [3.05, 3.63) is 83.4 Å². The lowest BCUT2D eigenvalue weighted by Crippen LogP contribution is -2.09. The number of benzene rings is 2. The summed E-state index contributed by atoms with van der Waals surface area (Å²) in [5, 5.41) is 0. The van der Waals surface area contributed by atoms with Crippen molar-refractivity contribution in [1.29, 1.82) is 0 Å². The zero-order valence-corrected chi connectivity index (χ0v) is 13.6. The zero-order chi connectivity index (χ0) is 15.9. The first kappa shape index (κ1) is 15.7. The molecule has 0 saturated carbocycles. The smallest absolute Gasteiger partial charge is 0.163 e. The molecule has 1 heteroatoms. The fourth-order valence-electron chi connectivity index (χ4n) is 3.41. The normalized spacial score (nSPS) is 15.7. The lowest BCUT2D eigenvalue weighted by Gasteiger charge is -2.21. The predicted octanol–water partition coefficient (Wildman–Crippen LogP) is 5.93. The molecule has 3 rings (SSSR count). The van der Waals surface area contributed by atoms with E-state index in [1.165, 1.54) is 36.8 Å². The molecule has 0 N–H and O–H groups in total. The third-order valence-corrected chi connectivity index (χ3v) is 4.69. The van der Waals surface area contributed by atoms with E-state index in [4.69, 9.17) is 0 Å². The van der Waals surface area contributed by atoms with Crippen LogP contribution >= 0.6 is 0 Å². The Labute approximate surface area is 139 Å². The molecule has 0 aromatic heterocycles. The first-order chi connectivity index (χ1) is 11.3. The summed E-state index contributed by atoms with van der Waals surface area (Å²) in [5.41, 5.74) is 3.64. The lowest BCUT2D eigenvalue weighted by atomic mass is 9.83. The third kappa shape index (κ3) is 4.41. The molecular weight excluding hydrogens is 280 g/mol. The molecular formula is C22H24O. The molecule has 2 aromatic carbocycles. The highest BCUT2D eigenvalue weighted by Gasteiger charge is 2.19. The van der Waals surface area contributed by atoms with E-state index in [0.29, 0.717) is 6.42 Å². The largest absolute Gasteiger partial charge is 0.294 e. The van der Waals surface area contributed by atoms with E-state index < -0.39 is 0 Å². The van der Waals surface area contributed by atoms with Gasteiger partial charge in [0.1, 0.15) is 0 Å². The first-order valence-electron chi connectivity index (χ1n) is 8.64. The Morgan fingerprint density at radius 3 is 2.26 bits per heavy atom. The fourth-order valence-corrected chi connectivity index (χ4v) is 3.41. The molecule has 0 bridgehead atoms. The number of carbonyl (C=O) groups excluding carboxylic acids is 1. The van der Waals surface area contributed by atoms with Crippen molar-refractivity contribution in [2.45, 2.75) is 44.4 Å². The number of Topliss-reactive ketones (excluding diaryl/α,β-unsaturated/α-hetero) is 1. The van der Waals surface area contributed by atoms with E-state index in [2.05, 4.69) is 30.3 Å². The number of hydrogen-bond acceptors (Lipinski definition) is 1. The summed E-state index contributed by atoms with van der Waals surface area (Å²) in [7, 11) is 0. The van der Waals surface area contributed by atoms with Gasteiger partial charge in [0, 0.05) is 12.0 Å². The van der Waals surface area contributed by atoms with Crippen molar-refractivity contribution < 1.29 is 4.79 Å². The van der Waals surface area contributed by atoms with E-state index in [-0.39, 0.29) is 11.7 Å². The predicted molar refractivity (Wildman–Crippen MR) is 95.7 cm³/mol. The van der Waals surface area contributed by atoms with Gasteiger partial charge in [-0.05, 0) is 43.6 Å². The Hall–Kier alpha value is -2.15. The molecule has 1 nitrogen and oxygen atoms in total. The maximum Gasteiger partial charge on any atom is 0.163 e. The first-order valence-corrected chi connectivity index (χ1v) is 8.64. The van der Waals surface area contributed by atoms with Gasteiger partial charge in [-0.3, -0.25) is 4.79 Å². The Kier molecular flexibility index (Phi) is 5.42. The van der Waals surface area contributed by atoms with Gasteiger partial charge in [-0.2, -0.15) is 0 Å². The quantitative estimate of drug-likeness (QED) is 0.477. The molecule has 1 unspecified atom stereocenters. The minimum Gasteiger partial charge on any atom is -0.294 e. The van der Waals surface area contributed by atoms with Gasteiger partial charge in [-0.1, -0.05) is 72.3 Å². The van der Waals surface area contributed by atoms with Crippen molar-refractivity contribution in [1.82, 2.24) is 0 Å². The van der Waals surface area contributed by atoms with Crippen LogP contribution in [0.25, 0.3) is 0 Å². The van der Waals surface area contributed by atoms with Crippen LogP contribution in [0.2, 0.25) is 0 Å². The maximum absolute atomic E-state index is 12.7. The topological polar surface area (TPSA) is 17.1 Å². The van der Waals surface area contributed by atoms with Crippen molar-refractivity contribution in [3.63, 3.8) is 0 Å². The monoisotopic (exact) mass is 304 g/mol. The molecule has 0 amide bonds. The fraction of sp³-hybridized carbons (Fsp3) is 0.318. The van der Waals surface area contributed by atoms with Gasteiger partial charge >= 0.3 is 0 Å². The second-order valence-corrected chi connectivity index (χ2v) is 6.41. The second-order valence-electron chi connectivity index (χ2n) is 6.41. The van der Waals surface area contributed by atoms with Crippen LogP contribution in [0.3, 0.4) is 0 Å². The summed E-state index contributed by atoms with van der Waals surface area (Å²) < 4.78 is 0. The van der Waals surface area contributed by atoms with Gasteiger partial charge in [0.25, 0.3) is 0 Å². The number of hydrogen-bond donors (Lipinski definition) is 0. The van der Waals surface area contributed by atoms with E-state index in [0.717, 1.165) is 12.0 Å². The van der Waals surface area contributed by atoms with E-state index in [9.17, 15) is 4.79 Å². The van der Waals surface area contributed by atoms with Crippen LogP contribution in [0.1, 0.15) is 60.4 Å². The molecule has 0 spiro atoms. The number of ketones is 1. The molecule has 0 fully saturated rings. The third-order valence-electron chi connectivity index (χ3n) is 4.69. The van der Waals surface area contributed by atoms with Crippen molar-refractivity contribution in [2.75, 3.05) is 0 Å².